The van der Waals surface area contributed by atoms with E-state index < -0.39 is 0 Å². The van der Waals surface area contributed by atoms with Gasteiger partial charge < -0.3 is 4.90 Å². The SMILES string of the molecule is Cc1ccc(-c2cc(C3CCCCC3)cc(C3CCCCC3)c2)cc1-c1ccc(N(c2ccc(-c3cccc(C4CCCCC4)c3)cc2)c2ccc3c(c2)C(C)(C)c2ccccc2-3)cc1. The Hall–Kier alpha value is -5.66. The van der Waals surface area contributed by atoms with Crippen LogP contribution in [-0.2, 0) is 5.41 Å². The van der Waals surface area contributed by atoms with Crippen molar-refractivity contribution >= 4 is 17.1 Å². The fraction of sp³-hybridized carbons (Fsp3) is 0.344. The van der Waals surface area contributed by atoms with Crippen LogP contribution in [0.2, 0.25) is 0 Å². The van der Waals surface area contributed by atoms with E-state index in [4.69, 9.17) is 0 Å². The summed E-state index contributed by atoms with van der Waals surface area (Å²) in [7, 11) is 0. The minimum atomic E-state index is -0.0830. The Kier molecular flexibility index (Phi) is 11.6. The van der Waals surface area contributed by atoms with Gasteiger partial charge in [0.1, 0.15) is 0 Å². The van der Waals surface area contributed by atoms with Crippen molar-refractivity contribution in [3.05, 3.63) is 185 Å². The molecule has 1 heteroatoms. The van der Waals surface area contributed by atoms with Gasteiger partial charge in [0, 0.05) is 22.5 Å². The van der Waals surface area contributed by atoms with Crippen molar-refractivity contribution in [3.63, 3.8) is 0 Å². The molecule has 0 atom stereocenters. The van der Waals surface area contributed by atoms with Crippen molar-refractivity contribution in [1.82, 2.24) is 0 Å². The highest BCUT2D eigenvalue weighted by Crippen LogP contribution is 2.51. The predicted octanol–water partition coefficient (Wildman–Crippen LogP) is 18.9. The monoisotopic (exact) mass is 850 g/mol. The predicted molar refractivity (Wildman–Crippen MR) is 277 cm³/mol. The summed E-state index contributed by atoms with van der Waals surface area (Å²) >= 11 is 0. The number of anilines is 3. The lowest BCUT2D eigenvalue weighted by atomic mass is 9.78. The molecule has 11 rings (SSSR count). The standard InChI is InChI=1S/C64H67N/c1-44-26-27-52(55-40-53(46-18-9-5-10-19-46)39-54(41-55)47-20-11-6-12-21-47)42-61(44)49-30-34-57(35-31-49)65(58-36-37-60-59-24-13-14-25-62(59)64(2,3)63(60)43-58)56-32-28-48(29-33-56)51-23-15-22-50(38-51)45-16-7-4-8-17-45/h13-15,22-43,45-47H,4-12,16-21H2,1-3H3. The molecule has 0 aliphatic heterocycles. The molecule has 7 aromatic carbocycles. The summed E-state index contributed by atoms with van der Waals surface area (Å²) in [5, 5.41) is 0. The molecule has 0 radical (unpaired) electrons. The maximum absolute atomic E-state index is 2.62. The molecule has 0 heterocycles. The quantitative estimate of drug-likeness (QED) is 0.140. The molecule has 65 heavy (non-hydrogen) atoms. The van der Waals surface area contributed by atoms with Crippen LogP contribution in [0, 0.1) is 6.92 Å². The van der Waals surface area contributed by atoms with E-state index in [9.17, 15) is 0 Å². The number of fused-ring (bicyclic) bond motifs is 3. The van der Waals surface area contributed by atoms with Crippen LogP contribution >= 0.6 is 0 Å². The summed E-state index contributed by atoms with van der Waals surface area (Å²) in [6.07, 6.45) is 20.4. The Morgan fingerprint density at radius 1 is 0.354 bits per heavy atom. The van der Waals surface area contributed by atoms with E-state index in [1.165, 1.54) is 180 Å². The van der Waals surface area contributed by atoms with Gasteiger partial charge in [-0.15, -0.1) is 0 Å². The van der Waals surface area contributed by atoms with Crippen molar-refractivity contribution in [2.45, 2.75) is 140 Å². The van der Waals surface area contributed by atoms with Gasteiger partial charge in [0.05, 0.1) is 0 Å². The summed E-state index contributed by atoms with van der Waals surface area (Å²) in [6.45, 7) is 7.05. The van der Waals surface area contributed by atoms with E-state index in [-0.39, 0.29) is 5.41 Å². The maximum Gasteiger partial charge on any atom is 0.0465 e. The van der Waals surface area contributed by atoms with Gasteiger partial charge in [-0.1, -0.05) is 181 Å². The van der Waals surface area contributed by atoms with Gasteiger partial charge >= 0.3 is 0 Å². The van der Waals surface area contributed by atoms with Crippen molar-refractivity contribution in [2.75, 3.05) is 4.90 Å². The first-order valence-electron chi connectivity index (χ1n) is 25.5. The third-order valence-corrected chi connectivity index (χ3v) is 16.4. The minimum Gasteiger partial charge on any atom is -0.310 e. The van der Waals surface area contributed by atoms with E-state index in [1.807, 2.05) is 0 Å². The highest BCUT2D eigenvalue weighted by Gasteiger charge is 2.36. The number of rotatable bonds is 9. The zero-order valence-electron chi connectivity index (χ0n) is 39.2. The summed E-state index contributed by atoms with van der Waals surface area (Å²) < 4.78 is 0. The second kappa shape index (κ2) is 18.0. The molecule has 1 nitrogen and oxygen atoms in total. The van der Waals surface area contributed by atoms with Crippen LogP contribution in [0.15, 0.2) is 152 Å². The first-order chi connectivity index (χ1) is 31.9. The first kappa shape index (κ1) is 42.0. The summed E-state index contributed by atoms with van der Waals surface area (Å²) in [6, 6.07) is 59.2. The Labute approximate surface area is 390 Å². The first-order valence-corrected chi connectivity index (χ1v) is 25.5. The van der Waals surface area contributed by atoms with Gasteiger partial charge in [0.25, 0.3) is 0 Å². The fourth-order valence-corrected chi connectivity index (χ4v) is 12.6. The molecule has 0 amide bonds. The average molecular weight is 850 g/mol. The molecule has 0 bridgehead atoms. The average Bonchev–Trinajstić information content (AvgIpc) is 3.60. The fourth-order valence-electron chi connectivity index (χ4n) is 12.6. The van der Waals surface area contributed by atoms with Gasteiger partial charge in [-0.05, 0) is 184 Å². The van der Waals surface area contributed by atoms with E-state index >= 15 is 0 Å². The molecule has 7 aromatic rings. The normalized spacial score (nSPS) is 17.7. The zero-order valence-corrected chi connectivity index (χ0v) is 39.2. The van der Waals surface area contributed by atoms with Crippen LogP contribution in [0.4, 0.5) is 17.1 Å². The van der Waals surface area contributed by atoms with Crippen molar-refractivity contribution in [1.29, 1.82) is 0 Å². The Bertz CT molecular complexity index is 2750. The molecule has 3 fully saturated rings. The van der Waals surface area contributed by atoms with Crippen LogP contribution in [0.25, 0.3) is 44.5 Å². The van der Waals surface area contributed by atoms with Crippen LogP contribution in [0.5, 0.6) is 0 Å². The summed E-state index contributed by atoms with van der Waals surface area (Å²) in [4.78, 5) is 2.47. The van der Waals surface area contributed by atoms with E-state index in [2.05, 4.69) is 177 Å². The second-order valence-electron chi connectivity index (χ2n) is 20.9. The zero-order chi connectivity index (χ0) is 43.9. The highest BCUT2D eigenvalue weighted by molar-refractivity contribution is 5.87. The van der Waals surface area contributed by atoms with E-state index in [1.54, 1.807) is 11.1 Å². The molecular formula is C64H67N. The molecule has 0 spiro atoms. The van der Waals surface area contributed by atoms with Gasteiger partial charge in [0.15, 0.2) is 0 Å². The topological polar surface area (TPSA) is 3.24 Å². The lowest BCUT2D eigenvalue weighted by Crippen LogP contribution is -2.16. The minimum absolute atomic E-state index is 0.0830. The maximum atomic E-state index is 2.62. The Balaban J connectivity index is 0.951. The molecule has 0 N–H and O–H groups in total. The molecule has 0 unspecified atom stereocenters. The smallest absolute Gasteiger partial charge is 0.0465 e. The van der Waals surface area contributed by atoms with Gasteiger partial charge in [0.2, 0.25) is 0 Å². The van der Waals surface area contributed by atoms with Gasteiger partial charge in [-0.2, -0.15) is 0 Å². The lowest BCUT2D eigenvalue weighted by molar-refractivity contribution is 0.435. The van der Waals surface area contributed by atoms with Gasteiger partial charge in [-0.25, -0.2) is 0 Å². The van der Waals surface area contributed by atoms with Crippen LogP contribution < -0.4 is 4.90 Å². The number of aryl methyl sites for hydroxylation is 1. The molecule has 4 aliphatic rings. The van der Waals surface area contributed by atoms with Crippen molar-refractivity contribution in [3.8, 4) is 44.5 Å². The van der Waals surface area contributed by atoms with Gasteiger partial charge in [-0.3, -0.25) is 0 Å². The summed E-state index contributed by atoms with van der Waals surface area (Å²) in [5.41, 5.74) is 22.9. The van der Waals surface area contributed by atoms with E-state index in [0.29, 0.717) is 17.8 Å². The van der Waals surface area contributed by atoms with Crippen LogP contribution in [0.3, 0.4) is 0 Å². The van der Waals surface area contributed by atoms with E-state index in [0.717, 1.165) is 0 Å². The van der Waals surface area contributed by atoms with Crippen LogP contribution in [-0.4, -0.2) is 0 Å². The molecule has 0 aromatic heterocycles. The van der Waals surface area contributed by atoms with Crippen molar-refractivity contribution in [2.24, 2.45) is 0 Å². The number of benzene rings is 7. The number of hydrogen-bond donors (Lipinski definition) is 0. The molecule has 0 saturated heterocycles. The third kappa shape index (κ3) is 8.30. The Morgan fingerprint density at radius 2 is 0.862 bits per heavy atom. The Morgan fingerprint density at radius 3 is 1.49 bits per heavy atom. The number of nitrogens with zero attached hydrogens (tertiary/aromatic N) is 1. The van der Waals surface area contributed by atoms with Crippen molar-refractivity contribution < 1.29 is 0 Å². The molecule has 328 valence electrons. The molecule has 3 saturated carbocycles. The molecular weight excluding hydrogens is 783 g/mol. The van der Waals surface area contributed by atoms with Crippen LogP contribution in [0.1, 0.15) is 161 Å². The molecule has 4 aliphatic carbocycles. The third-order valence-electron chi connectivity index (χ3n) is 16.4. The summed E-state index contributed by atoms with van der Waals surface area (Å²) in [5.74, 6) is 2.10. The second-order valence-corrected chi connectivity index (χ2v) is 20.9. The highest BCUT2D eigenvalue weighted by atomic mass is 15.1. The lowest BCUT2D eigenvalue weighted by Gasteiger charge is -2.28. The number of hydrogen-bond acceptors (Lipinski definition) is 1. The largest absolute Gasteiger partial charge is 0.310 e.